The van der Waals surface area contributed by atoms with E-state index in [1.54, 1.807) is 0 Å². The second-order valence-corrected chi connectivity index (χ2v) is 0. The van der Waals surface area contributed by atoms with Crippen LogP contribution in [0.15, 0.2) is 0 Å². The topological polar surface area (TPSA) is 256 Å². The van der Waals surface area contributed by atoms with E-state index in [0.717, 1.165) is 0 Å². The van der Waals surface area contributed by atoms with Crippen LogP contribution in [-0.2, 0) is 94.0 Å². The monoisotopic (exact) mass is 1010 g/mol. The maximum Gasteiger partial charge on any atom is 5.00 e. The Morgan fingerprint density at radius 2 is 0.267 bits per heavy atom. The molecule has 0 radical (unpaired) electrons. The van der Waals surface area contributed by atoms with Crippen LogP contribution in [0.25, 0.3) is 0 Å². The van der Waals surface area contributed by atoms with Crippen LogP contribution in [0.2, 0.25) is 0 Å². The normalized spacial score (nSPS) is 0. The molecule has 0 bridgehead atoms. The fraction of sp³-hybridized carbons (Fsp3) is 0. The predicted octanol–water partition coefficient (Wildman–Crippen LogP) is -2.60. The van der Waals surface area contributed by atoms with Crippen molar-refractivity contribution in [3.63, 3.8) is 0 Å². The zero-order valence-corrected chi connectivity index (χ0v) is 30.6. The first-order chi connectivity index (χ1) is 0. The van der Waals surface area contributed by atoms with E-state index in [9.17, 15) is 0 Å². The van der Waals surface area contributed by atoms with E-state index in [1.807, 2.05) is 0 Å². The minimum atomic E-state index is 0. The van der Waals surface area contributed by atoms with E-state index in [1.165, 1.54) is 0 Å². The molecule has 0 spiro atoms. The van der Waals surface area contributed by atoms with Gasteiger partial charge in [-0.05, 0) is 0 Å². The molecule has 0 fully saturated rings. The van der Waals surface area contributed by atoms with Crippen LogP contribution in [-0.4, -0.2) is 192 Å². The van der Waals surface area contributed by atoms with Crippen LogP contribution in [0.3, 0.4) is 0 Å². The summed E-state index contributed by atoms with van der Waals surface area (Å²) in [6.07, 6.45) is 0. The van der Waals surface area contributed by atoms with Crippen molar-refractivity contribution in [3.8, 4) is 0 Å². The van der Waals surface area contributed by atoms with Crippen molar-refractivity contribution in [1.29, 1.82) is 0 Å². The van der Waals surface area contributed by atoms with Crippen LogP contribution >= 0.6 is 0 Å². The van der Waals surface area contributed by atoms with E-state index < -0.39 is 0 Å². The molecule has 0 saturated carbocycles. The molecule has 0 aliphatic carbocycles. The first-order valence-corrected chi connectivity index (χ1v) is 0. The Morgan fingerprint density at radius 1 is 0.267 bits per heavy atom. The molecule has 0 rings (SSSR count). The van der Waals surface area contributed by atoms with Crippen molar-refractivity contribution in [2.45, 2.75) is 0 Å². The summed E-state index contributed by atoms with van der Waals surface area (Å²) in [7, 11) is 0. The fourth-order valence-corrected chi connectivity index (χ4v) is 0. The predicted molar refractivity (Wildman–Crippen MR) is 29.2 cm³/mol. The third kappa shape index (κ3) is 149. The molecule has 0 atom stereocenters. The largest absolute Gasteiger partial charge is 5.00 e. The van der Waals surface area contributed by atoms with Crippen molar-refractivity contribution in [2.75, 3.05) is 0 Å². The molecule has 0 aromatic heterocycles. The molecule has 9 nitrogen and oxygen atoms in total. The molecule has 15 heavy (non-hydrogen) atoms. The van der Waals surface area contributed by atoms with E-state index >= 15 is 0 Å². The Bertz CT molecular complexity index is 23.3. The van der Waals surface area contributed by atoms with Crippen molar-refractivity contribution < 1.29 is 94.0 Å². The smallest absolute Gasteiger partial charge is 2.00 e. The quantitative estimate of drug-likeness (QED) is 0.227. The summed E-state index contributed by atoms with van der Waals surface area (Å²) in [5.74, 6) is 0. The van der Waals surface area contributed by atoms with Crippen LogP contribution < -0.4 is 0 Å². The average molecular weight is 1010 g/mol. The molecule has 0 aliphatic heterocycles. The SMILES string of the molecule is [Ba+2].[Ba+2].[Ba+2].[O-2].[O-2].[O-2].[O-2].[O-2].[O-2].[O-2].[O-2].[O-2].[Sr+2].[Ta+5].[Ta+5]. The summed E-state index contributed by atoms with van der Waals surface area (Å²) in [5, 5.41) is 0. The summed E-state index contributed by atoms with van der Waals surface area (Å²) in [6.45, 7) is 0. The number of rotatable bonds is 0. The first kappa shape index (κ1) is 189. The molecule has 0 aromatic carbocycles. The van der Waals surface area contributed by atoms with Gasteiger partial charge in [0.25, 0.3) is 0 Å². The molecule has 0 aromatic rings. The molecular formula is Ba3O9SrTa2. The Balaban J connectivity index is 0. The Kier molecular flexibility index (Phi) is 2080. The summed E-state index contributed by atoms with van der Waals surface area (Å²) in [6, 6.07) is 0. The zero-order valence-electron chi connectivity index (χ0n) is 7.40. The van der Waals surface area contributed by atoms with E-state index in [4.69, 9.17) is 0 Å². The molecule has 0 amide bonds. The zero-order chi connectivity index (χ0) is 0. The Labute approximate surface area is 277 Å². The standard InChI is InChI=1S/3Ba.9O.Sr.2Ta/q3*+2;9*-2;+2;2*+5. The summed E-state index contributed by atoms with van der Waals surface area (Å²) in [4.78, 5) is 0. The van der Waals surface area contributed by atoms with Gasteiger partial charge in [-0.15, -0.1) is 0 Å². The molecule has 0 N–H and O–H groups in total. The van der Waals surface area contributed by atoms with Crippen LogP contribution in [0, 0.1) is 0 Å². The minimum absolute atomic E-state index is 0. The molecule has 15 heteroatoms. The van der Waals surface area contributed by atoms with Gasteiger partial charge < -0.3 is 49.3 Å². The van der Waals surface area contributed by atoms with Gasteiger partial charge in [0.15, 0.2) is 0 Å². The van der Waals surface area contributed by atoms with Gasteiger partial charge in [-0.1, -0.05) is 0 Å². The molecular weight excluding hydrogens is 1010 g/mol. The number of hydrogen-bond acceptors (Lipinski definition) is 0. The molecule has 0 heterocycles. The molecule has 0 saturated heterocycles. The van der Waals surface area contributed by atoms with Crippen molar-refractivity contribution in [3.05, 3.63) is 0 Å². The third-order valence-electron chi connectivity index (χ3n) is 0. The fourth-order valence-electron chi connectivity index (χ4n) is 0. The van der Waals surface area contributed by atoms with Crippen LogP contribution in [0.4, 0.5) is 0 Å². The minimum Gasteiger partial charge on any atom is -2.00 e. The maximum atomic E-state index is 0. The summed E-state index contributed by atoms with van der Waals surface area (Å²) >= 11 is 0. The van der Waals surface area contributed by atoms with Crippen molar-refractivity contribution in [1.82, 2.24) is 0 Å². The van der Waals surface area contributed by atoms with Crippen molar-refractivity contribution in [2.24, 2.45) is 0 Å². The molecule has 0 unspecified atom stereocenters. The van der Waals surface area contributed by atoms with Crippen molar-refractivity contribution >= 4 is 192 Å². The van der Waals surface area contributed by atoms with E-state index in [2.05, 4.69) is 0 Å². The number of hydrogen-bond donors (Lipinski definition) is 0. The second-order valence-electron chi connectivity index (χ2n) is 0. The molecule has 72 valence electrons. The third-order valence-corrected chi connectivity index (χ3v) is 0. The average Bonchev–Trinajstić information content (AvgIpc) is 0. The van der Waals surface area contributed by atoms with Gasteiger partial charge in [-0.3, -0.25) is 0 Å². The maximum absolute atomic E-state index is 0. The van der Waals surface area contributed by atoms with E-state index in [0.29, 0.717) is 0 Å². The van der Waals surface area contributed by atoms with E-state index in [-0.39, 0.29) is 286 Å². The van der Waals surface area contributed by atoms with Gasteiger partial charge in [-0.25, -0.2) is 0 Å². The second kappa shape index (κ2) is 164. The summed E-state index contributed by atoms with van der Waals surface area (Å²) in [5.41, 5.74) is 0. The van der Waals surface area contributed by atoms with Crippen LogP contribution in [0.5, 0.6) is 0 Å². The van der Waals surface area contributed by atoms with Gasteiger partial charge in [0.05, 0.1) is 0 Å². The first-order valence-electron chi connectivity index (χ1n) is 0. The van der Waals surface area contributed by atoms with Gasteiger partial charge in [0, 0.05) is 0 Å². The van der Waals surface area contributed by atoms with Gasteiger partial charge in [0.2, 0.25) is 0 Å². The van der Waals surface area contributed by atoms with Gasteiger partial charge >= 0.3 is 237 Å². The molecule has 0 aliphatic rings. The Hall–Kier alpha value is 7.32. The Morgan fingerprint density at radius 3 is 0.267 bits per heavy atom. The van der Waals surface area contributed by atoms with Crippen LogP contribution in [0.1, 0.15) is 0 Å². The van der Waals surface area contributed by atoms with Gasteiger partial charge in [0.1, 0.15) is 0 Å². The summed E-state index contributed by atoms with van der Waals surface area (Å²) < 4.78 is 0. The van der Waals surface area contributed by atoms with Gasteiger partial charge in [-0.2, -0.15) is 0 Å².